The molecule has 2 aromatic rings. The first kappa shape index (κ1) is 17.0. The summed E-state index contributed by atoms with van der Waals surface area (Å²) in [5.41, 5.74) is 0.212. The van der Waals surface area contributed by atoms with Crippen LogP contribution in [0.3, 0.4) is 0 Å². The van der Waals surface area contributed by atoms with E-state index in [0.29, 0.717) is 16.7 Å². The Morgan fingerprint density at radius 3 is 2.00 bits per heavy atom. The molecule has 0 N–H and O–H groups in total. The minimum absolute atomic E-state index is 0.355. The zero-order valence-corrected chi connectivity index (χ0v) is 12.7. The van der Waals surface area contributed by atoms with Crippen molar-refractivity contribution in [3.05, 3.63) is 32.9 Å². The van der Waals surface area contributed by atoms with Gasteiger partial charge in [-0.25, -0.2) is 14.8 Å². The highest BCUT2D eigenvalue weighted by Crippen LogP contribution is 2.05. The van der Waals surface area contributed by atoms with E-state index in [9.17, 15) is 9.59 Å². The van der Waals surface area contributed by atoms with Gasteiger partial charge in [0.15, 0.2) is 5.65 Å². The Balaban J connectivity index is 0.000000741. The second kappa shape index (κ2) is 7.45. The maximum Gasteiger partial charge on any atom is 0.332 e. The summed E-state index contributed by atoms with van der Waals surface area (Å²) in [6, 6.07) is 0. The molecule has 0 aromatic carbocycles. The summed E-state index contributed by atoms with van der Waals surface area (Å²) in [6.45, 7) is 9.72. The molecule has 0 amide bonds. The normalized spacial score (nSPS) is 9.21. The standard InChI is InChI=1S/C9H10N4O2.2C2H6/c1-5-6-7(11-4-10-5)12(2)9(15)13(3)8(6)14;2*1-2/h4H,1-3H3;2*1-2H3. The third-order valence-corrected chi connectivity index (χ3v) is 2.43. The number of rotatable bonds is 0. The number of fused-ring (bicyclic) bond motifs is 1. The van der Waals surface area contributed by atoms with Gasteiger partial charge in [0.05, 0.1) is 5.69 Å². The van der Waals surface area contributed by atoms with Crippen molar-refractivity contribution < 1.29 is 0 Å². The van der Waals surface area contributed by atoms with Gasteiger partial charge in [0.1, 0.15) is 11.7 Å². The van der Waals surface area contributed by atoms with Crippen LogP contribution in [0.1, 0.15) is 33.4 Å². The molecule has 0 aliphatic carbocycles. The number of nitrogens with zero attached hydrogens (tertiary/aromatic N) is 4. The van der Waals surface area contributed by atoms with Crippen LogP contribution in [0, 0.1) is 6.92 Å². The number of hydrogen-bond donors (Lipinski definition) is 0. The van der Waals surface area contributed by atoms with E-state index in [1.165, 1.54) is 17.9 Å². The van der Waals surface area contributed by atoms with Gasteiger partial charge in [-0.3, -0.25) is 13.9 Å². The SMILES string of the molecule is CC.CC.Cc1ncnc2c1c(=O)n(C)c(=O)n2C. The molecule has 106 valence electrons. The van der Waals surface area contributed by atoms with E-state index < -0.39 is 0 Å². The zero-order chi connectivity index (χ0) is 15.2. The number of aryl methyl sites for hydroxylation is 2. The van der Waals surface area contributed by atoms with Gasteiger partial charge in [-0.05, 0) is 6.92 Å². The summed E-state index contributed by atoms with van der Waals surface area (Å²) in [5, 5.41) is 0.391. The molecule has 0 aliphatic heterocycles. The van der Waals surface area contributed by atoms with Gasteiger partial charge in [-0.2, -0.15) is 0 Å². The predicted molar refractivity (Wildman–Crippen MR) is 77.5 cm³/mol. The first-order valence-corrected chi connectivity index (χ1v) is 6.41. The van der Waals surface area contributed by atoms with Crippen molar-refractivity contribution in [2.45, 2.75) is 34.6 Å². The lowest BCUT2D eigenvalue weighted by Gasteiger charge is -2.06. The van der Waals surface area contributed by atoms with Crippen LogP contribution >= 0.6 is 0 Å². The topological polar surface area (TPSA) is 69.8 Å². The van der Waals surface area contributed by atoms with Gasteiger partial charge in [0.2, 0.25) is 0 Å². The Kier molecular flexibility index (Phi) is 6.68. The van der Waals surface area contributed by atoms with E-state index in [4.69, 9.17) is 0 Å². The van der Waals surface area contributed by atoms with E-state index in [1.807, 2.05) is 27.7 Å². The lowest BCUT2D eigenvalue weighted by Crippen LogP contribution is -2.37. The van der Waals surface area contributed by atoms with Gasteiger partial charge in [-0.1, -0.05) is 27.7 Å². The third kappa shape index (κ3) is 3.07. The predicted octanol–water partition coefficient (Wildman–Crippen LogP) is 1.39. The molecule has 0 spiro atoms. The van der Waals surface area contributed by atoms with E-state index >= 15 is 0 Å². The summed E-state index contributed by atoms with van der Waals surface area (Å²) in [4.78, 5) is 31.3. The second-order valence-electron chi connectivity index (χ2n) is 3.36. The second-order valence-corrected chi connectivity index (χ2v) is 3.36. The fraction of sp³-hybridized carbons (Fsp3) is 0.538. The first-order chi connectivity index (χ1) is 9.04. The van der Waals surface area contributed by atoms with E-state index in [-0.39, 0.29) is 11.2 Å². The van der Waals surface area contributed by atoms with Crippen LogP contribution < -0.4 is 11.2 Å². The van der Waals surface area contributed by atoms with Crippen molar-refractivity contribution in [3.8, 4) is 0 Å². The monoisotopic (exact) mass is 266 g/mol. The molecule has 0 bridgehead atoms. The van der Waals surface area contributed by atoms with Gasteiger partial charge in [0, 0.05) is 14.1 Å². The number of aromatic nitrogens is 4. The van der Waals surface area contributed by atoms with Crippen LogP contribution in [0.4, 0.5) is 0 Å². The maximum atomic E-state index is 11.8. The molecular weight excluding hydrogens is 244 g/mol. The summed E-state index contributed by atoms with van der Waals surface area (Å²) in [7, 11) is 3.02. The van der Waals surface area contributed by atoms with E-state index in [1.54, 1.807) is 14.0 Å². The quantitative estimate of drug-likeness (QED) is 0.722. The lowest BCUT2D eigenvalue weighted by molar-refractivity contribution is 0.705. The maximum absolute atomic E-state index is 11.8. The van der Waals surface area contributed by atoms with Crippen molar-refractivity contribution in [3.63, 3.8) is 0 Å². The first-order valence-electron chi connectivity index (χ1n) is 6.41. The third-order valence-electron chi connectivity index (χ3n) is 2.43. The molecule has 0 saturated heterocycles. The Labute approximate surface area is 112 Å². The minimum atomic E-state index is -0.384. The largest absolute Gasteiger partial charge is 0.332 e. The highest BCUT2D eigenvalue weighted by Gasteiger charge is 2.11. The molecule has 2 heterocycles. The van der Waals surface area contributed by atoms with Crippen LogP contribution in [-0.2, 0) is 14.1 Å². The fourth-order valence-electron chi connectivity index (χ4n) is 1.54. The van der Waals surface area contributed by atoms with Crippen LogP contribution in [0.15, 0.2) is 15.9 Å². The van der Waals surface area contributed by atoms with Gasteiger partial charge in [0.25, 0.3) is 5.56 Å². The zero-order valence-electron chi connectivity index (χ0n) is 12.7. The Hall–Kier alpha value is -1.98. The highest BCUT2D eigenvalue weighted by molar-refractivity contribution is 5.75. The molecular formula is C13H22N4O2. The molecule has 6 heteroatoms. The summed E-state index contributed by atoms with van der Waals surface area (Å²) < 4.78 is 2.39. The van der Waals surface area contributed by atoms with E-state index in [0.717, 1.165) is 4.57 Å². The van der Waals surface area contributed by atoms with Gasteiger partial charge < -0.3 is 0 Å². The summed E-state index contributed by atoms with van der Waals surface area (Å²) in [6.07, 6.45) is 1.34. The van der Waals surface area contributed by atoms with Crippen molar-refractivity contribution in [1.29, 1.82) is 0 Å². The average Bonchev–Trinajstić information content (AvgIpc) is 2.47. The van der Waals surface area contributed by atoms with Crippen molar-refractivity contribution in [2.75, 3.05) is 0 Å². The Bertz CT molecular complexity index is 656. The molecule has 0 aliphatic rings. The molecule has 19 heavy (non-hydrogen) atoms. The Morgan fingerprint density at radius 1 is 0.947 bits per heavy atom. The van der Waals surface area contributed by atoms with Crippen molar-refractivity contribution >= 4 is 11.0 Å². The Morgan fingerprint density at radius 2 is 1.47 bits per heavy atom. The lowest BCUT2D eigenvalue weighted by atomic mass is 10.3. The number of hydrogen-bond acceptors (Lipinski definition) is 4. The average molecular weight is 266 g/mol. The van der Waals surface area contributed by atoms with Crippen LogP contribution in [-0.4, -0.2) is 19.1 Å². The molecule has 2 aromatic heterocycles. The summed E-state index contributed by atoms with van der Waals surface area (Å²) >= 11 is 0. The van der Waals surface area contributed by atoms with E-state index in [2.05, 4.69) is 9.97 Å². The van der Waals surface area contributed by atoms with Crippen LogP contribution in [0.2, 0.25) is 0 Å². The smallest absolute Gasteiger partial charge is 0.280 e. The van der Waals surface area contributed by atoms with Crippen molar-refractivity contribution in [2.24, 2.45) is 14.1 Å². The summed E-state index contributed by atoms with van der Waals surface area (Å²) in [5.74, 6) is 0. The molecule has 0 radical (unpaired) electrons. The molecule has 0 unspecified atom stereocenters. The fourth-order valence-corrected chi connectivity index (χ4v) is 1.54. The molecule has 2 rings (SSSR count). The molecule has 0 saturated carbocycles. The van der Waals surface area contributed by atoms with Gasteiger partial charge in [-0.15, -0.1) is 0 Å². The van der Waals surface area contributed by atoms with Gasteiger partial charge >= 0.3 is 5.69 Å². The minimum Gasteiger partial charge on any atom is -0.280 e. The van der Waals surface area contributed by atoms with Crippen LogP contribution in [0.5, 0.6) is 0 Å². The molecule has 0 atom stereocenters. The molecule has 6 nitrogen and oxygen atoms in total. The highest BCUT2D eigenvalue weighted by atomic mass is 16.2. The molecule has 0 fully saturated rings. The van der Waals surface area contributed by atoms with Crippen molar-refractivity contribution in [1.82, 2.24) is 19.1 Å². The van der Waals surface area contributed by atoms with Crippen LogP contribution in [0.25, 0.3) is 11.0 Å².